The lowest BCUT2D eigenvalue weighted by Gasteiger charge is -2.02. The number of hydrogen-bond acceptors (Lipinski definition) is 5. The zero-order valence-electron chi connectivity index (χ0n) is 7.73. The molecule has 1 aliphatic carbocycles. The summed E-state index contributed by atoms with van der Waals surface area (Å²) < 4.78 is 0. The van der Waals surface area contributed by atoms with E-state index >= 15 is 0 Å². The number of anilines is 1. The van der Waals surface area contributed by atoms with Crippen molar-refractivity contribution in [2.45, 2.75) is 18.8 Å². The number of nitrogens with zero attached hydrogens (tertiary/aromatic N) is 3. The van der Waals surface area contributed by atoms with Crippen LogP contribution in [0.1, 0.15) is 24.5 Å². The molecule has 14 heavy (non-hydrogen) atoms. The summed E-state index contributed by atoms with van der Waals surface area (Å²) in [7, 11) is 1.69. The van der Waals surface area contributed by atoms with Gasteiger partial charge in [-0.2, -0.15) is 0 Å². The van der Waals surface area contributed by atoms with Gasteiger partial charge in [0.15, 0.2) is 0 Å². The largest absolute Gasteiger partial charge is 0.357 e. The van der Waals surface area contributed by atoms with Crippen LogP contribution in [0, 0.1) is 10.1 Å². The molecule has 1 fully saturated rings. The van der Waals surface area contributed by atoms with E-state index in [1.54, 1.807) is 7.05 Å². The maximum absolute atomic E-state index is 10.7. The molecule has 1 aromatic heterocycles. The Kier molecular flexibility index (Phi) is 2.03. The zero-order chi connectivity index (χ0) is 10.1. The molecule has 0 spiro atoms. The van der Waals surface area contributed by atoms with E-state index in [0.29, 0.717) is 11.6 Å². The summed E-state index contributed by atoms with van der Waals surface area (Å²) in [5.41, 5.74) is 0.598. The number of rotatable bonds is 3. The summed E-state index contributed by atoms with van der Waals surface area (Å²) in [5, 5.41) is 13.4. The average molecular weight is 194 g/mol. The molecule has 1 aliphatic rings. The predicted octanol–water partition coefficient (Wildman–Crippen LogP) is 1.30. The fraction of sp³-hybridized carbons (Fsp3) is 0.500. The van der Waals surface area contributed by atoms with Gasteiger partial charge in [-0.1, -0.05) is 0 Å². The quantitative estimate of drug-likeness (QED) is 0.579. The first-order valence-electron chi connectivity index (χ1n) is 4.41. The topological polar surface area (TPSA) is 81.0 Å². The lowest BCUT2D eigenvalue weighted by Crippen LogP contribution is -2.03. The van der Waals surface area contributed by atoms with E-state index in [1.165, 1.54) is 6.20 Å². The molecule has 0 atom stereocenters. The first-order chi connectivity index (χ1) is 6.72. The summed E-state index contributed by atoms with van der Waals surface area (Å²) >= 11 is 0. The molecule has 0 bridgehead atoms. The van der Waals surface area contributed by atoms with Crippen molar-refractivity contribution in [2.24, 2.45) is 0 Å². The van der Waals surface area contributed by atoms with Crippen molar-refractivity contribution in [3.63, 3.8) is 0 Å². The molecule has 1 saturated carbocycles. The van der Waals surface area contributed by atoms with Gasteiger partial charge in [0.2, 0.25) is 5.95 Å². The Morgan fingerprint density at radius 3 is 2.86 bits per heavy atom. The van der Waals surface area contributed by atoms with Crippen LogP contribution < -0.4 is 5.32 Å². The van der Waals surface area contributed by atoms with E-state index < -0.39 is 4.92 Å². The first kappa shape index (κ1) is 8.86. The minimum atomic E-state index is -0.424. The summed E-state index contributed by atoms with van der Waals surface area (Å²) in [4.78, 5) is 18.2. The van der Waals surface area contributed by atoms with E-state index in [9.17, 15) is 10.1 Å². The minimum Gasteiger partial charge on any atom is -0.357 e. The molecule has 74 valence electrons. The summed E-state index contributed by atoms with van der Waals surface area (Å²) in [5.74, 6) is 0.697. The van der Waals surface area contributed by atoms with Crippen molar-refractivity contribution in [3.8, 4) is 0 Å². The van der Waals surface area contributed by atoms with Crippen LogP contribution in [0.4, 0.5) is 11.6 Å². The molecule has 0 amide bonds. The van der Waals surface area contributed by atoms with Crippen LogP contribution in [0.15, 0.2) is 6.20 Å². The monoisotopic (exact) mass is 194 g/mol. The van der Waals surface area contributed by atoms with E-state index in [-0.39, 0.29) is 11.6 Å². The van der Waals surface area contributed by atoms with Gasteiger partial charge < -0.3 is 5.32 Å². The number of hydrogen-bond donors (Lipinski definition) is 1. The van der Waals surface area contributed by atoms with E-state index in [4.69, 9.17) is 0 Å². The molecule has 0 radical (unpaired) electrons. The maximum Gasteiger partial charge on any atom is 0.309 e. The van der Waals surface area contributed by atoms with Crippen molar-refractivity contribution in [1.29, 1.82) is 0 Å². The molecular formula is C8H10N4O2. The summed E-state index contributed by atoms with van der Waals surface area (Å²) in [6.07, 6.45) is 3.24. The lowest BCUT2D eigenvalue weighted by atomic mass is 10.2. The molecule has 6 nitrogen and oxygen atoms in total. The predicted molar refractivity (Wildman–Crippen MR) is 50.2 cm³/mol. The molecule has 2 rings (SSSR count). The van der Waals surface area contributed by atoms with Gasteiger partial charge in [-0.3, -0.25) is 10.1 Å². The van der Waals surface area contributed by atoms with Crippen LogP contribution in [-0.2, 0) is 0 Å². The standard InChI is InChI=1S/C8H10N4O2/c1-9-8-10-4-6(12(13)14)7(11-8)5-2-3-5/h4-5H,2-3H2,1H3,(H,9,10,11). The SMILES string of the molecule is CNc1ncc([N+](=O)[O-])c(C2CC2)n1. The van der Waals surface area contributed by atoms with Crippen molar-refractivity contribution < 1.29 is 4.92 Å². The van der Waals surface area contributed by atoms with Gasteiger partial charge >= 0.3 is 5.69 Å². The van der Waals surface area contributed by atoms with Gasteiger partial charge in [0.05, 0.1) is 4.92 Å². The average Bonchev–Trinajstić information content (AvgIpc) is 3.00. The Morgan fingerprint density at radius 2 is 2.36 bits per heavy atom. The Bertz CT molecular complexity index is 376. The Labute approximate surface area is 80.5 Å². The molecular weight excluding hydrogens is 184 g/mol. The molecule has 1 aromatic rings. The maximum atomic E-state index is 10.7. The highest BCUT2D eigenvalue weighted by molar-refractivity contribution is 5.41. The van der Waals surface area contributed by atoms with Gasteiger partial charge in [-0.15, -0.1) is 0 Å². The third-order valence-corrected chi connectivity index (χ3v) is 2.18. The zero-order valence-corrected chi connectivity index (χ0v) is 7.73. The molecule has 0 aliphatic heterocycles. The second kappa shape index (κ2) is 3.21. The van der Waals surface area contributed by atoms with Crippen LogP contribution >= 0.6 is 0 Å². The lowest BCUT2D eigenvalue weighted by molar-refractivity contribution is -0.386. The molecule has 6 heteroatoms. The van der Waals surface area contributed by atoms with Gasteiger partial charge in [0.25, 0.3) is 0 Å². The highest BCUT2D eigenvalue weighted by atomic mass is 16.6. The smallest absolute Gasteiger partial charge is 0.309 e. The van der Waals surface area contributed by atoms with Crippen LogP contribution in [0.2, 0.25) is 0 Å². The van der Waals surface area contributed by atoms with Gasteiger partial charge in [-0.25, -0.2) is 9.97 Å². The Morgan fingerprint density at radius 1 is 1.64 bits per heavy atom. The number of nitro groups is 1. The van der Waals surface area contributed by atoms with Crippen molar-refractivity contribution in [3.05, 3.63) is 22.0 Å². The van der Waals surface area contributed by atoms with E-state index in [0.717, 1.165) is 12.8 Å². The third kappa shape index (κ3) is 1.50. The number of nitrogens with one attached hydrogen (secondary N) is 1. The fourth-order valence-electron chi connectivity index (χ4n) is 1.31. The summed E-state index contributed by atoms with van der Waals surface area (Å²) in [6, 6.07) is 0. The van der Waals surface area contributed by atoms with E-state index in [2.05, 4.69) is 15.3 Å². The van der Waals surface area contributed by atoms with Crippen LogP contribution in [-0.4, -0.2) is 21.9 Å². The highest BCUT2D eigenvalue weighted by Gasteiger charge is 2.32. The van der Waals surface area contributed by atoms with Crippen LogP contribution in [0.25, 0.3) is 0 Å². The molecule has 1 heterocycles. The molecule has 0 saturated heterocycles. The first-order valence-corrected chi connectivity index (χ1v) is 4.41. The third-order valence-electron chi connectivity index (χ3n) is 2.18. The van der Waals surface area contributed by atoms with Gasteiger partial charge in [0, 0.05) is 13.0 Å². The highest BCUT2D eigenvalue weighted by Crippen LogP contribution is 2.42. The second-order valence-electron chi connectivity index (χ2n) is 3.25. The van der Waals surface area contributed by atoms with Gasteiger partial charge in [0.1, 0.15) is 11.9 Å². The van der Waals surface area contributed by atoms with Crippen LogP contribution in [0.5, 0.6) is 0 Å². The molecule has 1 N–H and O–H groups in total. The Hall–Kier alpha value is -1.72. The molecule has 0 unspecified atom stereocenters. The van der Waals surface area contributed by atoms with Gasteiger partial charge in [-0.05, 0) is 12.8 Å². The molecule has 0 aromatic carbocycles. The number of aromatic nitrogens is 2. The fourth-order valence-corrected chi connectivity index (χ4v) is 1.31. The summed E-state index contributed by atoms with van der Waals surface area (Å²) in [6.45, 7) is 0. The van der Waals surface area contributed by atoms with Crippen LogP contribution in [0.3, 0.4) is 0 Å². The second-order valence-corrected chi connectivity index (χ2v) is 3.25. The van der Waals surface area contributed by atoms with Crippen molar-refractivity contribution in [2.75, 3.05) is 12.4 Å². The van der Waals surface area contributed by atoms with Crippen molar-refractivity contribution >= 4 is 11.6 Å². The van der Waals surface area contributed by atoms with E-state index in [1.807, 2.05) is 0 Å². The normalized spacial score (nSPS) is 15.2. The minimum absolute atomic E-state index is 0.0338. The Balaban J connectivity index is 2.43. The van der Waals surface area contributed by atoms with Crippen molar-refractivity contribution in [1.82, 2.24) is 9.97 Å².